The van der Waals surface area contributed by atoms with Crippen LogP contribution < -0.4 is 5.32 Å². The molecule has 1 saturated heterocycles. The van der Waals surface area contributed by atoms with E-state index in [0.29, 0.717) is 31.0 Å². The van der Waals surface area contributed by atoms with Gasteiger partial charge in [-0.05, 0) is 25.0 Å². The van der Waals surface area contributed by atoms with E-state index in [4.69, 9.17) is 11.6 Å². The molecule has 7 heteroatoms. The SMILES string of the molecule is Cn1nc(CNC(=O)CCN2CCCCCC2=O)c2c(Cl)cccc21. The number of hydrogen-bond donors (Lipinski definition) is 1. The minimum absolute atomic E-state index is 0.0806. The summed E-state index contributed by atoms with van der Waals surface area (Å²) in [5, 5.41) is 8.84. The molecule has 25 heavy (non-hydrogen) atoms. The van der Waals surface area contributed by atoms with E-state index in [-0.39, 0.29) is 11.8 Å². The molecule has 1 aliphatic heterocycles. The smallest absolute Gasteiger partial charge is 0.222 e. The quantitative estimate of drug-likeness (QED) is 0.889. The van der Waals surface area contributed by atoms with Crippen molar-refractivity contribution in [2.45, 2.75) is 38.6 Å². The van der Waals surface area contributed by atoms with Gasteiger partial charge in [0.15, 0.2) is 0 Å². The van der Waals surface area contributed by atoms with Gasteiger partial charge in [0, 0.05) is 38.4 Å². The third-order valence-corrected chi connectivity index (χ3v) is 4.95. The second-order valence-electron chi connectivity index (χ2n) is 6.42. The highest BCUT2D eigenvalue weighted by atomic mass is 35.5. The number of hydrogen-bond acceptors (Lipinski definition) is 3. The average Bonchev–Trinajstić information content (AvgIpc) is 2.78. The molecule has 1 aliphatic rings. The van der Waals surface area contributed by atoms with Crippen molar-refractivity contribution < 1.29 is 9.59 Å². The number of carbonyl (C=O) groups excluding carboxylic acids is 2. The van der Waals surface area contributed by atoms with E-state index in [1.807, 2.05) is 25.2 Å². The second-order valence-corrected chi connectivity index (χ2v) is 6.83. The van der Waals surface area contributed by atoms with Gasteiger partial charge < -0.3 is 10.2 Å². The van der Waals surface area contributed by atoms with Crippen LogP contribution in [0.1, 0.15) is 37.8 Å². The number of fused-ring (bicyclic) bond motifs is 1. The number of carbonyl (C=O) groups is 2. The Labute approximate surface area is 152 Å². The van der Waals surface area contributed by atoms with E-state index in [0.717, 1.165) is 42.4 Å². The van der Waals surface area contributed by atoms with Crippen molar-refractivity contribution >= 4 is 34.3 Å². The summed E-state index contributed by atoms with van der Waals surface area (Å²) in [6.45, 7) is 1.56. The van der Waals surface area contributed by atoms with Crippen LogP contribution in [0.2, 0.25) is 5.02 Å². The minimum atomic E-state index is -0.0806. The van der Waals surface area contributed by atoms with Crippen molar-refractivity contribution in [1.29, 1.82) is 0 Å². The fourth-order valence-electron chi connectivity index (χ4n) is 3.26. The summed E-state index contributed by atoms with van der Waals surface area (Å²) in [4.78, 5) is 25.9. The average molecular weight is 363 g/mol. The lowest BCUT2D eigenvalue weighted by Crippen LogP contribution is -2.34. The lowest BCUT2D eigenvalue weighted by atomic mass is 10.2. The largest absolute Gasteiger partial charge is 0.350 e. The van der Waals surface area contributed by atoms with Gasteiger partial charge >= 0.3 is 0 Å². The van der Waals surface area contributed by atoms with Crippen molar-refractivity contribution in [2.24, 2.45) is 7.05 Å². The van der Waals surface area contributed by atoms with Crippen LogP contribution in [0, 0.1) is 0 Å². The Kier molecular flexibility index (Phi) is 5.58. The van der Waals surface area contributed by atoms with Gasteiger partial charge in [0.1, 0.15) is 0 Å². The van der Waals surface area contributed by atoms with Gasteiger partial charge in [-0.3, -0.25) is 14.3 Å². The van der Waals surface area contributed by atoms with E-state index in [1.165, 1.54) is 0 Å². The molecule has 0 bridgehead atoms. The number of rotatable bonds is 5. The lowest BCUT2D eigenvalue weighted by Gasteiger charge is -2.19. The van der Waals surface area contributed by atoms with Crippen molar-refractivity contribution in [2.75, 3.05) is 13.1 Å². The molecule has 1 fully saturated rings. The fraction of sp³-hybridized carbons (Fsp3) is 0.500. The Hall–Kier alpha value is -2.08. The van der Waals surface area contributed by atoms with Gasteiger partial charge in [0.2, 0.25) is 11.8 Å². The van der Waals surface area contributed by atoms with E-state index in [2.05, 4.69) is 10.4 Å². The Morgan fingerprint density at radius 2 is 2.16 bits per heavy atom. The van der Waals surface area contributed by atoms with Crippen molar-refractivity contribution in [3.63, 3.8) is 0 Å². The monoisotopic (exact) mass is 362 g/mol. The van der Waals surface area contributed by atoms with Crippen LogP contribution in [0.15, 0.2) is 18.2 Å². The first-order valence-corrected chi connectivity index (χ1v) is 9.08. The topological polar surface area (TPSA) is 67.2 Å². The molecule has 0 spiro atoms. The zero-order valence-electron chi connectivity index (χ0n) is 14.4. The van der Waals surface area contributed by atoms with E-state index in [1.54, 1.807) is 9.58 Å². The van der Waals surface area contributed by atoms with Crippen LogP contribution in [0.4, 0.5) is 0 Å². The molecular formula is C18H23ClN4O2. The number of halogens is 1. The zero-order valence-corrected chi connectivity index (χ0v) is 15.2. The van der Waals surface area contributed by atoms with Crippen molar-refractivity contribution in [1.82, 2.24) is 20.0 Å². The highest BCUT2D eigenvalue weighted by molar-refractivity contribution is 6.35. The number of likely N-dealkylation sites (tertiary alicyclic amines) is 1. The van der Waals surface area contributed by atoms with Crippen LogP contribution in [0.3, 0.4) is 0 Å². The molecule has 2 amide bonds. The predicted octanol–water partition coefficient (Wildman–Crippen LogP) is 2.64. The maximum Gasteiger partial charge on any atom is 0.222 e. The Morgan fingerprint density at radius 3 is 3.00 bits per heavy atom. The molecular weight excluding hydrogens is 340 g/mol. The van der Waals surface area contributed by atoms with Gasteiger partial charge in [-0.15, -0.1) is 0 Å². The second kappa shape index (κ2) is 7.87. The highest BCUT2D eigenvalue weighted by Gasteiger charge is 2.18. The summed E-state index contributed by atoms with van der Waals surface area (Å²) in [5.41, 5.74) is 1.69. The number of aryl methyl sites for hydroxylation is 1. The molecule has 3 rings (SSSR count). The predicted molar refractivity (Wildman–Crippen MR) is 97.2 cm³/mol. The molecule has 2 aromatic rings. The summed E-state index contributed by atoms with van der Waals surface area (Å²) < 4.78 is 1.76. The third-order valence-electron chi connectivity index (χ3n) is 4.63. The van der Waals surface area contributed by atoms with Crippen LogP contribution in [-0.2, 0) is 23.2 Å². The Morgan fingerprint density at radius 1 is 1.32 bits per heavy atom. The molecule has 0 saturated carbocycles. The summed E-state index contributed by atoms with van der Waals surface area (Å²) in [7, 11) is 1.86. The summed E-state index contributed by atoms with van der Waals surface area (Å²) >= 11 is 6.27. The number of nitrogens with one attached hydrogen (secondary N) is 1. The summed E-state index contributed by atoms with van der Waals surface area (Å²) in [6.07, 6.45) is 3.97. The number of benzene rings is 1. The molecule has 0 aliphatic carbocycles. The minimum Gasteiger partial charge on any atom is -0.350 e. The molecule has 0 atom stereocenters. The third kappa shape index (κ3) is 4.12. The maximum absolute atomic E-state index is 12.2. The maximum atomic E-state index is 12.2. The van der Waals surface area contributed by atoms with E-state index in [9.17, 15) is 9.59 Å². The first-order chi connectivity index (χ1) is 12.1. The molecule has 1 N–H and O–H groups in total. The number of aromatic nitrogens is 2. The van der Waals surface area contributed by atoms with Gasteiger partial charge in [-0.2, -0.15) is 5.10 Å². The summed E-state index contributed by atoms with van der Waals surface area (Å²) in [5.74, 6) is 0.0794. The van der Waals surface area contributed by atoms with Crippen LogP contribution in [0.25, 0.3) is 10.9 Å². The van der Waals surface area contributed by atoms with Gasteiger partial charge in [-0.25, -0.2) is 0 Å². The number of nitrogens with zero attached hydrogens (tertiary/aromatic N) is 3. The van der Waals surface area contributed by atoms with Gasteiger partial charge in [0.05, 0.1) is 22.8 Å². The van der Waals surface area contributed by atoms with Crippen molar-refractivity contribution in [3.05, 3.63) is 28.9 Å². The highest BCUT2D eigenvalue weighted by Crippen LogP contribution is 2.26. The number of amides is 2. The standard InChI is InChI=1S/C18H23ClN4O2/c1-22-15-7-5-6-13(19)18(15)14(21-22)12-20-16(24)9-11-23-10-4-2-3-8-17(23)25/h5-7H,2-4,8-12H2,1H3,(H,20,24). The van der Waals surface area contributed by atoms with E-state index < -0.39 is 0 Å². The van der Waals surface area contributed by atoms with Gasteiger partial charge in [0.25, 0.3) is 0 Å². The van der Waals surface area contributed by atoms with Crippen molar-refractivity contribution in [3.8, 4) is 0 Å². The molecule has 0 radical (unpaired) electrons. The van der Waals surface area contributed by atoms with Crippen LogP contribution >= 0.6 is 11.6 Å². The molecule has 134 valence electrons. The zero-order chi connectivity index (χ0) is 17.8. The molecule has 6 nitrogen and oxygen atoms in total. The summed E-state index contributed by atoms with van der Waals surface area (Å²) in [6, 6.07) is 5.65. The van der Waals surface area contributed by atoms with Crippen LogP contribution in [0.5, 0.6) is 0 Å². The molecule has 0 unspecified atom stereocenters. The molecule has 1 aromatic heterocycles. The first-order valence-electron chi connectivity index (χ1n) is 8.71. The Balaban J connectivity index is 1.57. The Bertz CT molecular complexity index is 787. The first kappa shape index (κ1) is 17.7. The molecule has 2 heterocycles. The normalized spacial score (nSPS) is 15.4. The van der Waals surface area contributed by atoms with Gasteiger partial charge in [-0.1, -0.05) is 24.1 Å². The molecule has 1 aromatic carbocycles. The van der Waals surface area contributed by atoms with Crippen LogP contribution in [-0.4, -0.2) is 39.6 Å². The lowest BCUT2D eigenvalue weighted by molar-refractivity contribution is -0.131. The van der Waals surface area contributed by atoms with E-state index >= 15 is 0 Å². The fourth-order valence-corrected chi connectivity index (χ4v) is 3.54.